The summed E-state index contributed by atoms with van der Waals surface area (Å²) in [6, 6.07) is 6.03. The van der Waals surface area contributed by atoms with Crippen LogP contribution in [-0.2, 0) is 11.2 Å². The first-order valence-corrected chi connectivity index (χ1v) is 4.20. The van der Waals surface area contributed by atoms with Crippen LogP contribution in [0.2, 0.25) is 0 Å². The van der Waals surface area contributed by atoms with Gasteiger partial charge in [-0.15, -0.1) is 0 Å². The van der Waals surface area contributed by atoms with Crippen LogP contribution in [0.5, 0.6) is 0 Å². The maximum Gasteiger partial charge on any atom is 0.331 e. The van der Waals surface area contributed by atoms with Crippen molar-refractivity contribution in [2.45, 2.75) is 13.3 Å². The summed E-state index contributed by atoms with van der Waals surface area (Å²) in [5.41, 5.74) is 3.82. The molecule has 0 atom stereocenters. The molecule has 2 nitrogen and oxygen atoms in total. The smallest absolute Gasteiger partial charge is 0.331 e. The quantitative estimate of drug-likeness (QED) is 0.707. The molecule has 1 aromatic carbocycles. The van der Waals surface area contributed by atoms with E-state index in [1.54, 1.807) is 6.08 Å². The fourth-order valence-electron chi connectivity index (χ4n) is 1.59. The summed E-state index contributed by atoms with van der Waals surface area (Å²) in [4.78, 5) is 10.7. The van der Waals surface area contributed by atoms with Crippen molar-refractivity contribution in [1.29, 1.82) is 0 Å². The number of hydrogen-bond donors (Lipinski definition) is 1. The van der Waals surface area contributed by atoms with E-state index >= 15 is 0 Å². The molecule has 1 N–H and O–H groups in total. The van der Waals surface area contributed by atoms with Crippen LogP contribution < -0.4 is 0 Å². The standard InChI is InChI=1S/C11H10O2/c1-7-2-3-8-5-10(11(12)13)6-9(8)4-7/h2-4,6H,5H2,1H3,(H,12,13). The Morgan fingerprint density at radius 2 is 2.23 bits per heavy atom. The van der Waals surface area contributed by atoms with Gasteiger partial charge in [0.1, 0.15) is 0 Å². The first-order chi connectivity index (χ1) is 6.16. The number of carboxylic acid groups (broad SMARTS) is 1. The van der Waals surface area contributed by atoms with Gasteiger partial charge in [-0.25, -0.2) is 4.79 Å². The molecule has 1 aliphatic rings. The number of hydrogen-bond acceptors (Lipinski definition) is 1. The molecule has 0 saturated carbocycles. The van der Waals surface area contributed by atoms with E-state index in [0.29, 0.717) is 12.0 Å². The molecular weight excluding hydrogens is 164 g/mol. The van der Waals surface area contributed by atoms with Crippen molar-refractivity contribution in [3.8, 4) is 0 Å². The Hall–Kier alpha value is -1.57. The highest BCUT2D eigenvalue weighted by Crippen LogP contribution is 2.25. The van der Waals surface area contributed by atoms with Crippen LogP contribution in [0, 0.1) is 6.92 Å². The second-order valence-electron chi connectivity index (χ2n) is 3.35. The minimum atomic E-state index is -0.811. The van der Waals surface area contributed by atoms with Crippen LogP contribution in [0.15, 0.2) is 23.8 Å². The Kier molecular flexibility index (Phi) is 1.69. The maximum absolute atomic E-state index is 10.7. The zero-order valence-corrected chi connectivity index (χ0v) is 7.37. The van der Waals surface area contributed by atoms with E-state index in [1.165, 1.54) is 5.56 Å². The van der Waals surface area contributed by atoms with Crippen LogP contribution in [0.4, 0.5) is 0 Å². The molecule has 13 heavy (non-hydrogen) atoms. The molecule has 2 rings (SSSR count). The molecule has 0 aromatic heterocycles. The zero-order chi connectivity index (χ0) is 9.42. The summed E-state index contributed by atoms with van der Waals surface area (Å²) in [7, 11) is 0. The molecule has 1 aromatic rings. The Morgan fingerprint density at radius 1 is 1.46 bits per heavy atom. The first kappa shape index (κ1) is 8.05. The molecule has 0 fully saturated rings. The normalized spacial score (nSPS) is 13.8. The molecule has 0 bridgehead atoms. The third-order valence-electron chi connectivity index (χ3n) is 2.29. The molecule has 66 valence electrons. The number of rotatable bonds is 1. The zero-order valence-electron chi connectivity index (χ0n) is 7.37. The molecule has 0 amide bonds. The van der Waals surface area contributed by atoms with Crippen molar-refractivity contribution in [3.63, 3.8) is 0 Å². The monoisotopic (exact) mass is 174 g/mol. The van der Waals surface area contributed by atoms with Gasteiger partial charge in [-0.3, -0.25) is 0 Å². The molecule has 0 spiro atoms. The lowest BCUT2D eigenvalue weighted by atomic mass is 10.1. The number of aliphatic carboxylic acids is 1. The number of carbonyl (C=O) groups is 1. The second-order valence-corrected chi connectivity index (χ2v) is 3.35. The Balaban J connectivity index is 2.43. The fourth-order valence-corrected chi connectivity index (χ4v) is 1.59. The van der Waals surface area contributed by atoms with E-state index in [2.05, 4.69) is 0 Å². The summed E-state index contributed by atoms with van der Waals surface area (Å²) < 4.78 is 0. The van der Waals surface area contributed by atoms with Crippen LogP contribution >= 0.6 is 0 Å². The van der Waals surface area contributed by atoms with E-state index in [1.807, 2.05) is 25.1 Å². The van der Waals surface area contributed by atoms with E-state index in [-0.39, 0.29) is 0 Å². The lowest BCUT2D eigenvalue weighted by Crippen LogP contribution is -1.99. The minimum Gasteiger partial charge on any atom is -0.478 e. The summed E-state index contributed by atoms with van der Waals surface area (Å²) >= 11 is 0. The lowest BCUT2D eigenvalue weighted by Gasteiger charge is -1.98. The Labute approximate surface area is 76.5 Å². The number of aryl methyl sites for hydroxylation is 1. The van der Waals surface area contributed by atoms with Crippen molar-refractivity contribution in [1.82, 2.24) is 0 Å². The van der Waals surface area contributed by atoms with Gasteiger partial charge in [-0.05, 0) is 24.1 Å². The van der Waals surface area contributed by atoms with Crippen molar-refractivity contribution in [2.75, 3.05) is 0 Å². The van der Waals surface area contributed by atoms with Gasteiger partial charge >= 0.3 is 5.97 Å². The van der Waals surface area contributed by atoms with Gasteiger partial charge in [0.05, 0.1) is 0 Å². The van der Waals surface area contributed by atoms with Gasteiger partial charge in [0.2, 0.25) is 0 Å². The number of carboxylic acids is 1. The van der Waals surface area contributed by atoms with E-state index < -0.39 is 5.97 Å². The lowest BCUT2D eigenvalue weighted by molar-refractivity contribution is -0.132. The molecule has 0 unspecified atom stereocenters. The van der Waals surface area contributed by atoms with Crippen LogP contribution in [-0.4, -0.2) is 11.1 Å². The SMILES string of the molecule is Cc1ccc2c(c1)C=C(C(=O)O)C2. The van der Waals surface area contributed by atoms with Crippen molar-refractivity contribution >= 4 is 12.0 Å². The van der Waals surface area contributed by atoms with Gasteiger partial charge in [-0.2, -0.15) is 0 Å². The minimum absolute atomic E-state index is 0.487. The van der Waals surface area contributed by atoms with Crippen LogP contribution in [0.3, 0.4) is 0 Å². The van der Waals surface area contributed by atoms with Crippen molar-refractivity contribution < 1.29 is 9.90 Å². The topological polar surface area (TPSA) is 37.3 Å². The molecular formula is C11H10O2. The van der Waals surface area contributed by atoms with Crippen molar-refractivity contribution in [3.05, 3.63) is 40.5 Å². The molecule has 0 aliphatic heterocycles. The number of fused-ring (bicyclic) bond motifs is 1. The molecule has 1 aliphatic carbocycles. The molecule has 0 heterocycles. The van der Waals surface area contributed by atoms with Gasteiger partial charge < -0.3 is 5.11 Å². The summed E-state index contributed by atoms with van der Waals surface area (Å²) in [6.07, 6.45) is 2.32. The summed E-state index contributed by atoms with van der Waals surface area (Å²) in [6.45, 7) is 2.01. The van der Waals surface area contributed by atoms with Crippen LogP contribution in [0.25, 0.3) is 6.08 Å². The highest BCUT2D eigenvalue weighted by molar-refractivity contribution is 5.95. The molecule has 2 heteroatoms. The maximum atomic E-state index is 10.7. The van der Waals surface area contributed by atoms with Gasteiger partial charge in [0.25, 0.3) is 0 Å². The highest BCUT2D eigenvalue weighted by Gasteiger charge is 2.16. The van der Waals surface area contributed by atoms with Crippen molar-refractivity contribution in [2.24, 2.45) is 0 Å². The fraction of sp³-hybridized carbons (Fsp3) is 0.182. The predicted octanol–water partition coefficient (Wildman–Crippen LogP) is 2.02. The van der Waals surface area contributed by atoms with Gasteiger partial charge in [0.15, 0.2) is 0 Å². The van der Waals surface area contributed by atoms with E-state index in [0.717, 1.165) is 11.1 Å². The van der Waals surface area contributed by atoms with E-state index in [4.69, 9.17) is 5.11 Å². The highest BCUT2D eigenvalue weighted by atomic mass is 16.4. The summed E-state index contributed by atoms with van der Waals surface area (Å²) in [5.74, 6) is -0.811. The Bertz CT molecular complexity index is 403. The number of benzene rings is 1. The van der Waals surface area contributed by atoms with Gasteiger partial charge in [0, 0.05) is 12.0 Å². The molecule has 0 saturated heterocycles. The Morgan fingerprint density at radius 3 is 2.92 bits per heavy atom. The molecule has 0 radical (unpaired) electrons. The van der Waals surface area contributed by atoms with Gasteiger partial charge in [-0.1, -0.05) is 23.8 Å². The third-order valence-corrected chi connectivity index (χ3v) is 2.29. The largest absolute Gasteiger partial charge is 0.478 e. The third kappa shape index (κ3) is 1.35. The summed E-state index contributed by atoms with van der Waals surface area (Å²) in [5, 5.41) is 8.79. The first-order valence-electron chi connectivity index (χ1n) is 4.20. The average molecular weight is 174 g/mol. The average Bonchev–Trinajstić information content (AvgIpc) is 2.46. The second kappa shape index (κ2) is 2.73. The van der Waals surface area contributed by atoms with E-state index in [9.17, 15) is 4.79 Å². The van der Waals surface area contributed by atoms with Crippen LogP contribution in [0.1, 0.15) is 16.7 Å². The predicted molar refractivity (Wildman–Crippen MR) is 50.5 cm³/mol.